The molecular weight excluding hydrogens is 354 g/mol. The maximum Gasteiger partial charge on any atom is 0.0678 e. The Hall–Kier alpha value is -1.95. The highest BCUT2D eigenvalue weighted by Crippen LogP contribution is 2.24. The molecule has 144 valence electrons. The molecule has 0 spiro atoms. The molecule has 4 nitrogen and oxygen atoms in total. The first-order valence-corrected chi connectivity index (χ1v) is 10.3. The van der Waals surface area contributed by atoms with Gasteiger partial charge in [0, 0.05) is 35.8 Å². The van der Waals surface area contributed by atoms with Crippen molar-refractivity contribution in [3.8, 4) is 5.69 Å². The highest BCUT2D eigenvalue weighted by atomic mass is 32.1. The van der Waals surface area contributed by atoms with E-state index in [1.807, 2.05) is 6.92 Å². The van der Waals surface area contributed by atoms with Gasteiger partial charge < -0.3 is 5.11 Å². The van der Waals surface area contributed by atoms with E-state index >= 15 is 0 Å². The summed E-state index contributed by atoms with van der Waals surface area (Å²) >= 11 is 1.78. The average molecular weight is 384 g/mol. The van der Waals surface area contributed by atoms with Crippen LogP contribution in [0.25, 0.3) is 5.69 Å². The fourth-order valence-corrected chi connectivity index (χ4v) is 4.44. The first-order valence-electron chi connectivity index (χ1n) is 9.41. The third-order valence-electron chi connectivity index (χ3n) is 5.02. The molecule has 1 atom stereocenters. The maximum absolute atomic E-state index is 10.00. The largest absolute Gasteiger partial charge is 0.392 e. The molecule has 3 rings (SSSR count). The monoisotopic (exact) mass is 383 g/mol. The molecule has 27 heavy (non-hydrogen) atoms. The molecule has 2 heterocycles. The van der Waals surface area contributed by atoms with E-state index in [1.54, 1.807) is 11.3 Å². The SMILES string of the molecule is Cc1ccccc1-n1nc(C)c(CN(Cc2sccc2C)C[C@H](C)O)c1C. The number of rotatable bonds is 7. The zero-order valence-corrected chi connectivity index (χ0v) is 17.7. The maximum atomic E-state index is 10.00. The second kappa shape index (κ2) is 8.38. The van der Waals surface area contributed by atoms with E-state index in [0.717, 1.165) is 24.5 Å². The molecule has 1 N–H and O–H groups in total. The van der Waals surface area contributed by atoms with Crippen LogP contribution in [0.3, 0.4) is 0 Å². The minimum Gasteiger partial charge on any atom is -0.392 e. The Bertz CT molecular complexity index is 910. The van der Waals surface area contributed by atoms with Crippen LogP contribution in [0, 0.1) is 27.7 Å². The van der Waals surface area contributed by atoms with E-state index < -0.39 is 0 Å². The zero-order valence-electron chi connectivity index (χ0n) is 16.9. The van der Waals surface area contributed by atoms with Crippen molar-refractivity contribution >= 4 is 11.3 Å². The predicted octanol–water partition coefficient (Wildman–Crippen LogP) is 4.55. The molecule has 3 aromatic rings. The van der Waals surface area contributed by atoms with Crippen molar-refractivity contribution in [2.75, 3.05) is 6.54 Å². The molecule has 0 radical (unpaired) electrons. The van der Waals surface area contributed by atoms with E-state index in [2.05, 4.69) is 73.0 Å². The number of para-hydroxylation sites is 1. The molecule has 1 aromatic carbocycles. The van der Waals surface area contributed by atoms with Crippen LogP contribution in [-0.4, -0.2) is 32.4 Å². The van der Waals surface area contributed by atoms with Gasteiger partial charge in [0.15, 0.2) is 0 Å². The minimum absolute atomic E-state index is 0.364. The molecule has 0 fully saturated rings. The van der Waals surface area contributed by atoms with E-state index in [1.165, 1.54) is 27.3 Å². The standard InChI is InChI=1S/C22H29N3OS/c1-15-8-6-7-9-21(15)25-19(5)20(18(4)23-25)13-24(12-17(3)26)14-22-16(2)10-11-27-22/h6-11,17,26H,12-14H2,1-5H3/t17-/m0/s1. The number of hydrogen-bond donors (Lipinski definition) is 1. The predicted molar refractivity (Wildman–Crippen MR) is 113 cm³/mol. The Morgan fingerprint density at radius 1 is 1.07 bits per heavy atom. The molecule has 0 bridgehead atoms. The van der Waals surface area contributed by atoms with Gasteiger partial charge in [-0.1, -0.05) is 18.2 Å². The third kappa shape index (κ3) is 4.49. The summed E-state index contributed by atoms with van der Waals surface area (Å²) in [6, 6.07) is 10.5. The average Bonchev–Trinajstić information content (AvgIpc) is 3.13. The number of aromatic nitrogens is 2. The van der Waals surface area contributed by atoms with Crippen LogP contribution >= 0.6 is 11.3 Å². The molecular formula is C22H29N3OS. The fraction of sp³-hybridized carbons (Fsp3) is 0.409. The summed E-state index contributed by atoms with van der Waals surface area (Å²) in [5.41, 5.74) is 7.12. The number of thiophene rings is 1. The van der Waals surface area contributed by atoms with Crippen LogP contribution in [-0.2, 0) is 13.1 Å². The fourth-order valence-electron chi connectivity index (χ4n) is 3.49. The van der Waals surface area contributed by atoms with Crippen molar-refractivity contribution < 1.29 is 5.11 Å². The molecule has 0 saturated carbocycles. The summed E-state index contributed by atoms with van der Waals surface area (Å²) < 4.78 is 2.05. The molecule has 0 saturated heterocycles. The molecule has 5 heteroatoms. The molecule has 0 amide bonds. The van der Waals surface area contributed by atoms with Crippen molar-refractivity contribution in [1.29, 1.82) is 0 Å². The van der Waals surface area contributed by atoms with Gasteiger partial charge in [0.2, 0.25) is 0 Å². The van der Waals surface area contributed by atoms with Gasteiger partial charge in [0.05, 0.1) is 17.5 Å². The van der Waals surface area contributed by atoms with Gasteiger partial charge in [-0.25, -0.2) is 4.68 Å². The second-order valence-corrected chi connectivity index (χ2v) is 8.39. The number of aliphatic hydroxyl groups is 1. The van der Waals surface area contributed by atoms with Gasteiger partial charge in [-0.15, -0.1) is 11.3 Å². The minimum atomic E-state index is -0.364. The number of nitrogens with zero attached hydrogens (tertiary/aromatic N) is 3. The summed E-state index contributed by atoms with van der Waals surface area (Å²) in [6.45, 7) is 12.6. The van der Waals surface area contributed by atoms with Gasteiger partial charge >= 0.3 is 0 Å². The van der Waals surface area contributed by atoms with Gasteiger partial charge in [-0.05, 0) is 63.3 Å². The van der Waals surface area contributed by atoms with E-state index in [4.69, 9.17) is 5.10 Å². The van der Waals surface area contributed by atoms with Crippen molar-refractivity contribution in [1.82, 2.24) is 14.7 Å². The summed E-state index contributed by atoms with van der Waals surface area (Å²) in [5.74, 6) is 0. The normalized spacial score (nSPS) is 12.7. The van der Waals surface area contributed by atoms with E-state index in [9.17, 15) is 5.11 Å². The van der Waals surface area contributed by atoms with E-state index in [-0.39, 0.29) is 6.10 Å². The number of aliphatic hydroxyl groups excluding tert-OH is 1. The number of aryl methyl sites for hydroxylation is 3. The lowest BCUT2D eigenvalue weighted by Crippen LogP contribution is -2.30. The van der Waals surface area contributed by atoms with Crippen LogP contribution in [0.5, 0.6) is 0 Å². The lowest BCUT2D eigenvalue weighted by Gasteiger charge is -2.24. The van der Waals surface area contributed by atoms with Gasteiger partial charge in [-0.3, -0.25) is 4.90 Å². The zero-order chi connectivity index (χ0) is 19.6. The highest BCUT2D eigenvalue weighted by Gasteiger charge is 2.19. The van der Waals surface area contributed by atoms with Crippen molar-refractivity contribution in [2.45, 2.75) is 53.8 Å². The second-order valence-electron chi connectivity index (χ2n) is 7.39. The lowest BCUT2D eigenvalue weighted by molar-refractivity contribution is 0.118. The Labute approximate surface area is 166 Å². The van der Waals surface area contributed by atoms with Crippen molar-refractivity contribution in [3.05, 3.63) is 68.7 Å². The van der Waals surface area contributed by atoms with Crippen molar-refractivity contribution in [3.63, 3.8) is 0 Å². The quantitative estimate of drug-likeness (QED) is 0.651. The molecule has 2 aromatic heterocycles. The molecule has 0 unspecified atom stereocenters. The number of hydrogen-bond acceptors (Lipinski definition) is 4. The Balaban J connectivity index is 1.90. The first-order chi connectivity index (χ1) is 12.9. The van der Waals surface area contributed by atoms with Crippen LogP contribution in [0.4, 0.5) is 0 Å². The van der Waals surface area contributed by atoms with Crippen LogP contribution in [0.15, 0.2) is 35.7 Å². The molecule has 0 aliphatic carbocycles. The van der Waals surface area contributed by atoms with Crippen LogP contribution < -0.4 is 0 Å². The van der Waals surface area contributed by atoms with Crippen LogP contribution in [0.2, 0.25) is 0 Å². The Morgan fingerprint density at radius 3 is 2.44 bits per heavy atom. The highest BCUT2D eigenvalue weighted by molar-refractivity contribution is 7.10. The van der Waals surface area contributed by atoms with Crippen LogP contribution in [0.1, 0.15) is 39.9 Å². The Kier molecular flexibility index (Phi) is 6.15. The smallest absolute Gasteiger partial charge is 0.0678 e. The summed E-state index contributed by atoms with van der Waals surface area (Å²) in [7, 11) is 0. The molecule has 0 aliphatic rings. The van der Waals surface area contributed by atoms with E-state index in [0.29, 0.717) is 6.54 Å². The molecule has 0 aliphatic heterocycles. The number of benzene rings is 1. The Morgan fingerprint density at radius 2 is 1.81 bits per heavy atom. The third-order valence-corrected chi connectivity index (χ3v) is 6.03. The summed E-state index contributed by atoms with van der Waals surface area (Å²) in [4.78, 5) is 3.68. The van der Waals surface area contributed by atoms with Gasteiger partial charge in [0.25, 0.3) is 0 Å². The first kappa shape index (κ1) is 19.8. The van der Waals surface area contributed by atoms with Gasteiger partial charge in [0.1, 0.15) is 0 Å². The topological polar surface area (TPSA) is 41.3 Å². The lowest BCUT2D eigenvalue weighted by atomic mass is 10.1. The van der Waals surface area contributed by atoms with Gasteiger partial charge in [-0.2, -0.15) is 5.10 Å². The summed E-state index contributed by atoms with van der Waals surface area (Å²) in [6.07, 6.45) is -0.364. The van der Waals surface area contributed by atoms with Crippen molar-refractivity contribution in [2.24, 2.45) is 0 Å². The summed E-state index contributed by atoms with van der Waals surface area (Å²) in [5, 5.41) is 17.0.